The number of rotatable bonds is 1. The Morgan fingerprint density at radius 3 is 2.85 bits per heavy atom. The van der Waals surface area contributed by atoms with E-state index in [1.807, 2.05) is 11.8 Å². The Morgan fingerprint density at radius 1 is 1.38 bits per heavy atom. The van der Waals surface area contributed by atoms with E-state index >= 15 is 0 Å². The van der Waals surface area contributed by atoms with E-state index in [1.165, 1.54) is 11.3 Å². The van der Waals surface area contributed by atoms with E-state index < -0.39 is 0 Å². The van der Waals surface area contributed by atoms with Crippen LogP contribution in [0.2, 0.25) is 0 Å². The standard InChI is InChI=1S/C12H16S/c1-8(2)10-5-4-6-12-11(10)7-9(3)13-12/h4-6,8-9H,7H2,1-3H3/t9-/m0/s1. The SMILES string of the molecule is CC(C)c1cccc2c1C[C@H](C)S2. The van der Waals surface area contributed by atoms with Gasteiger partial charge in [0, 0.05) is 10.1 Å². The maximum atomic E-state index is 2.31. The van der Waals surface area contributed by atoms with E-state index in [-0.39, 0.29) is 0 Å². The highest BCUT2D eigenvalue weighted by Gasteiger charge is 2.21. The highest BCUT2D eigenvalue weighted by Crippen LogP contribution is 2.40. The first-order valence-electron chi connectivity index (χ1n) is 4.97. The van der Waals surface area contributed by atoms with Crippen LogP contribution in [-0.4, -0.2) is 5.25 Å². The zero-order valence-electron chi connectivity index (χ0n) is 8.50. The molecule has 0 saturated heterocycles. The smallest absolute Gasteiger partial charge is 0.0110 e. The molecule has 1 aromatic rings. The van der Waals surface area contributed by atoms with Crippen LogP contribution in [0.1, 0.15) is 37.8 Å². The van der Waals surface area contributed by atoms with Crippen LogP contribution in [0.15, 0.2) is 23.1 Å². The molecule has 1 heterocycles. The third-order valence-electron chi connectivity index (χ3n) is 2.61. The molecule has 70 valence electrons. The molecule has 0 amide bonds. The zero-order valence-corrected chi connectivity index (χ0v) is 9.32. The van der Waals surface area contributed by atoms with Crippen LogP contribution in [0.5, 0.6) is 0 Å². The van der Waals surface area contributed by atoms with Crippen molar-refractivity contribution in [3.8, 4) is 0 Å². The van der Waals surface area contributed by atoms with Gasteiger partial charge in [-0.05, 0) is 29.5 Å². The van der Waals surface area contributed by atoms with E-state index in [1.54, 1.807) is 11.1 Å². The number of thioether (sulfide) groups is 1. The van der Waals surface area contributed by atoms with Crippen LogP contribution in [-0.2, 0) is 6.42 Å². The molecule has 1 heteroatoms. The van der Waals surface area contributed by atoms with Gasteiger partial charge in [0.1, 0.15) is 0 Å². The van der Waals surface area contributed by atoms with Crippen LogP contribution < -0.4 is 0 Å². The molecule has 1 aliphatic rings. The Labute approximate surface area is 84.7 Å². The third kappa shape index (κ3) is 1.62. The van der Waals surface area contributed by atoms with Gasteiger partial charge < -0.3 is 0 Å². The summed E-state index contributed by atoms with van der Waals surface area (Å²) < 4.78 is 0. The van der Waals surface area contributed by atoms with E-state index in [2.05, 4.69) is 39.0 Å². The van der Waals surface area contributed by atoms with Crippen LogP contribution in [0, 0.1) is 0 Å². The van der Waals surface area contributed by atoms with Gasteiger partial charge in [-0.1, -0.05) is 32.9 Å². The maximum Gasteiger partial charge on any atom is 0.0110 e. The molecular weight excluding hydrogens is 176 g/mol. The van der Waals surface area contributed by atoms with Gasteiger partial charge in [0.05, 0.1) is 0 Å². The molecule has 0 unspecified atom stereocenters. The lowest BCUT2D eigenvalue weighted by Crippen LogP contribution is -1.97. The second kappa shape index (κ2) is 3.38. The van der Waals surface area contributed by atoms with Gasteiger partial charge in [0.2, 0.25) is 0 Å². The maximum absolute atomic E-state index is 2.31. The van der Waals surface area contributed by atoms with Crippen molar-refractivity contribution in [3.05, 3.63) is 29.3 Å². The zero-order chi connectivity index (χ0) is 9.42. The Kier molecular flexibility index (Phi) is 2.37. The van der Waals surface area contributed by atoms with Crippen molar-refractivity contribution in [2.45, 2.75) is 43.3 Å². The van der Waals surface area contributed by atoms with Gasteiger partial charge in [-0.25, -0.2) is 0 Å². The van der Waals surface area contributed by atoms with Crippen LogP contribution in [0.3, 0.4) is 0 Å². The summed E-state index contributed by atoms with van der Waals surface area (Å²) in [5, 5.41) is 0.773. The molecule has 0 nitrogen and oxygen atoms in total. The molecule has 2 rings (SSSR count). The summed E-state index contributed by atoms with van der Waals surface area (Å²) in [6.45, 7) is 6.88. The minimum absolute atomic E-state index is 0.667. The molecule has 1 aromatic carbocycles. The molecule has 0 aromatic heterocycles. The Morgan fingerprint density at radius 2 is 2.15 bits per heavy atom. The van der Waals surface area contributed by atoms with Gasteiger partial charge in [0.25, 0.3) is 0 Å². The number of hydrogen-bond acceptors (Lipinski definition) is 1. The average Bonchev–Trinajstić information content (AvgIpc) is 2.43. The summed E-state index contributed by atoms with van der Waals surface area (Å²) in [4.78, 5) is 1.51. The fourth-order valence-electron chi connectivity index (χ4n) is 2.00. The predicted octanol–water partition coefficient (Wildman–Crippen LogP) is 3.85. The van der Waals surface area contributed by atoms with E-state index in [0.29, 0.717) is 5.92 Å². The quantitative estimate of drug-likeness (QED) is 0.651. The molecule has 13 heavy (non-hydrogen) atoms. The normalized spacial score (nSPS) is 20.8. The predicted molar refractivity (Wildman–Crippen MR) is 59.6 cm³/mol. The average molecular weight is 192 g/mol. The highest BCUT2D eigenvalue weighted by molar-refractivity contribution is 8.00. The summed E-state index contributed by atoms with van der Waals surface area (Å²) in [6, 6.07) is 6.73. The van der Waals surface area contributed by atoms with Crippen molar-refractivity contribution < 1.29 is 0 Å². The van der Waals surface area contributed by atoms with Crippen molar-refractivity contribution in [2.75, 3.05) is 0 Å². The third-order valence-corrected chi connectivity index (χ3v) is 3.82. The first kappa shape index (κ1) is 9.14. The largest absolute Gasteiger partial charge is 0.122 e. The lowest BCUT2D eigenvalue weighted by molar-refractivity contribution is 0.826. The van der Waals surface area contributed by atoms with Crippen LogP contribution in [0.25, 0.3) is 0 Å². The second-order valence-electron chi connectivity index (χ2n) is 4.11. The lowest BCUT2D eigenvalue weighted by Gasteiger charge is -2.10. The minimum Gasteiger partial charge on any atom is -0.122 e. The molecule has 0 fully saturated rings. The molecule has 0 aliphatic carbocycles. The number of fused-ring (bicyclic) bond motifs is 1. The van der Waals surface area contributed by atoms with Gasteiger partial charge in [-0.2, -0.15) is 0 Å². The minimum atomic E-state index is 0.667. The highest BCUT2D eigenvalue weighted by atomic mass is 32.2. The molecule has 0 saturated carbocycles. The van der Waals surface area contributed by atoms with E-state index in [4.69, 9.17) is 0 Å². The molecule has 1 atom stereocenters. The Bertz CT molecular complexity index is 315. The first-order valence-corrected chi connectivity index (χ1v) is 5.85. The summed E-state index contributed by atoms with van der Waals surface area (Å²) in [5.41, 5.74) is 3.16. The van der Waals surface area contributed by atoms with Gasteiger partial charge in [-0.15, -0.1) is 11.8 Å². The van der Waals surface area contributed by atoms with Crippen LogP contribution in [0.4, 0.5) is 0 Å². The van der Waals surface area contributed by atoms with Gasteiger partial charge in [0.15, 0.2) is 0 Å². The van der Waals surface area contributed by atoms with Crippen molar-refractivity contribution in [3.63, 3.8) is 0 Å². The van der Waals surface area contributed by atoms with Crippen LogP contribution >= 0.6 is 11.8 Å². The van der Waals surface area contributed by atoms with Gasteiger partial charge >= 0.3 is 0 Å². The molecule has 0 spiro atoms. The topological polar surface area (TPSA) is 0 Å². The van der Waals surface area contributed by atoms with Crippen molar-refractivity contribution in [1.29, 1.82) is 0 Å². The van der Waals surface area contributed by atoms with Crippen molar-refractivity contribution in [1.82, 2.24) is 0 Å². The fourth-order valence-corrected chi connectivity index (χ4v) is 3.18. The Balaban J connectivity index is 2.45. The summed E-state index contributed by atoms with van der Waals surface area (Å²) in [6.07, 6.45) is 1.26. The summed E-state index contributed by atoms with van der Waals surface area (Å²) in [5.74, 6) is 0.667. The molecule has 0 N–H and O–H groups in total. The molecule has 0 bridgehead atoms. The molecular formula is C12H16S. The van der Waals surface area contributed by atoms with Crippen molar-refractivity contribution in [2.24, 2.45) is 0 Å². The fraction of sp³-hybridized carbons (Fsp3) is 0.500. The summed E-state index contributed by atoms with van der Waals surface area (Å²) in [7, 11) is 0. The van der Waals surface area contributed by atoms with Crippen molar-refractivity contribution >= 4 is 11.8 Å². The number of benzene rings is 1. The lowest BCUT2D eigenvalue weighted by atomic mass is 9.95. The molecule has 0 radical (unpaired) electrons. The monoisotopic (exact) mass is 192 g/mol. The van der Waals surface area contributed by atoms with Gasteiger partial charge in [-0.3, -0.25) is 0 Å². The second-order valence-corrected chi connectivity index (χ2v) is 5.59. The summed E-state index contributed by atoms with van der Waals surface area (Å²) >= 11 is 2.02. The first-order chi connectivity index (χ1) is 6.18. The Hall–Kier alpha value is -0.430. The van der Waals surface area contributed by atoms with E-state index in [0.717, 1.165) is 5.25 Å². The number of hydrogen-bond donors (Lipinski definition) is 0. The molecule has 1 aliphatic heterocycles. The van der Waals surface area contributed by atoms with E-state index in [9.17, 15) is 0 Å².